The van der Waals surface area contributed by atoms with Gasteiger partial charge in [0.15, 0.2) is 0 Å². The number of halogens is 5. The third kappa shape index (κ3) is 8.93. The molecule has 0 aliphatic heterocycles. The molecular weight excluding hydrogens is 538 g/mol. The molecule has 0 radical (unpaired) electrons. The highest BCUT2D eigenvalue weighted by molar-refractivity contribution is 6.32. The zero-order valence-corrected chi connectivity index (χ0v) is 22.7. The van der Waals surface area contributed by atoms with E-state index in [2.05, 4.69) is 16.6 Å². The van der Waals surface area contributed by atoms with Gasteiger partial charge in [-0.15, -0.1) is 0 Å². The van der Waals surface area contributed by atoms with Gasteiger partial charge in [-0.25, -0.2) is 4.79 Å². The van der Waals surface area contributed by atoms with Crippen LogP contribution in [-0.2, 0) is 27.0 Å². The average Bonchev–Trinajstić information content (AvgIpc) is 2.87. The molecule has 2 aromatic carbocycles. The molecule has 0 aromatic heterocycles. The lowest BCUT2D eigenvalue weighted by Gasteiger charge is -2.27. The van der Waals surface area contributed by atoms with E-state index in [1.165, 1.54) is 19.3 Å². The van der Waals surface area contributed by atoms with E-state index in [-0.39, 0.29) is 17.5 Å². The molecular formula is C29H30Cl2F3NO3. The summed E-state index contributed by atoms with van der Waals surface area (Å²) >= 11 is 12.4. The van der Waals surface area contributed by atoms with Crippen LogP contribution in [0.5, 0.6) is 0 Å². The summed E-state index contributed by atoms with van der Waals surface area (Å²) in [7, 11) is 1.32. The molecule has 9 heteroatoms. The van der Waals surface area contributed by atoms with Gasteiger partial charge in [0.05, 0.1) is 24.3 Å². The Morgan fingerprint density at radius 1 is 1.18 bits per heavy atom. The van der Waals surface area contributed by atoms with E-state index in [0.717, 1.165) is 23.0 Å². The number of hydrogen-bond acceptors (Lipinski definition) is 4. The molecule has 3 rings (SSSR count). The standard InChI is InChI=1S/C29H30Cl2F3NO3/c1-20(22-8-4-10-24(30)17-22)18-35(19-23-9-5-12-26(28(23)31)29(32,33)34)13-6-14-38-25-11-3-7-21(15-25)16-27(36)37-2/h3-5,7-12,16-17,20H,6,13-15,18-19H2,1-2H3. The van der Waals surface area contributed by atoms with Crippen LogP contribution >= 0.6 is 23.2 Å². The summed E-state index contributed by atoms with van der Waals surface area (Å²) in [5.41, 5.74) is 1.40. The van der Waals surface area contributed by atoms with E-state index in [1.807, 2.05) is 36.4 Å². The molecule has 204 valence electrons. The molecule has 1 aliphatic carbocycles. The fraction of sp³-hybridized carbons (Fsp3) is 0.345. The lowest BCUT2D eigenvalue weighted by molar-refractivity contribution is -0.137. The van der Waals surface area contributed by atoms with Crippen molar-refractivity contribution in [3.63, 3.8) is 0 Å². The highest BCUT2D eigenvalue weighted by Gasteiger charge is 2.34. The molecule has 0 heterocycles. The number of benzene rings is 2. The zero-order valence-electron chi connectivity index (χ0n) is 21.2. The molecule has 2 aromatic rings. The maximum atomic E-state index is 13.4. The van der Waals surface area contributed by atoms with Crippen molar-refractivity contribution in [2.24, 2.45) is 0 Å². The maximum absolute atomic E-state index is 13.4. The molecule has 0 spiro atoms. The first-order chi connectivity index (χ1) is 18.1. The van der Waals surface area contributed by atoms with Gasteiger partial charge in [0, 0.05) is 37.2 Å². The number of rotatable bonds is 11. The van der Waals surface area contributed by atoms with E-state index in [1.54, 1.807) is 12.1 Å². The minimum atomic E-state index is -4.52. The predicted octanol–water partition coefficient (Wildman–Crippen LogP) is 7.97. The Morgan fingerprint density at radius 3 is 2.66 bits per heavy atom. The summed E-state index contributed by atoms with van der Waals surface area (Å²) in [6.45, 7) is 3.88. The molecule has 0 saturated carbocycles. The Morgan fingerprint density at radius 2 is 1.95 bits per heavy atom. The zero-order chi connectivity index (χ0) is 27.7. The number of ether oxygens (including phenoxy) is 2. The lowest BCUT2D eigenvalue weighted by atomic mass is 10.00. The number of nitrogens with zero attached hydrogens (tertiary/aromatic N) is 1. The van der Waals surface area contributed by atoms with Gasteiger partial charge in [0.25, 0.3) is 0 Å². The van der Waals surface area contributed by atoms with Crippen molar-refractivity contribution in [2.75, 3.05) is 26.8 Å². The highest BCUT2D eigenvalue weighted by atomic mass is 35.5. The van der Waals surface area contributed by atoms with Crippen LogP contribution < -0.4 is 0 Å². The third-order valence-corrected chi connectivity index (χ3v) is 6.79. The van der Waals surface area contributed by atoms with Gasteiger partial charge in [0.1, 0.15) is 5.76 Å². The van der Waals surface area contributed by atoms with E-state index in [9.17, 15) is 18.0 Å². The fourth-order valence-corrected chi connectivity index (χ4v) is 4.69. The minimum absolute atomic E-state index is 0.0800. The molecule has 1 unspecified atom stereocenters. The van der Waals surface area contributed by atoms with Crippen molar-refractivity contribution in [3.8, 4) is 0 Å². The van der Waals surface area contributed by atoms with Crippen LogP contribution in [0.2, 0.25) is 10.0 Å². The number of allylic oxidation sites excluding steroid dienone is 4. The topological polar surface area (TPSA) is 38.8 Å². The highest BCUT2D eigenvalue weighted by Crippen LogP contribution is 2.36. The lowest BCUT2D eigenvalue weighted by Crippen LogP contribution is -2.29. The van der Waals surface area contributed by atoms with Crippen LogP contribution in [0.3, 0.4) is 0 Å². The Labute approximate surface area is 231 Å². The van der Waals surface area contributed by atoms with Gasteiger partial charge in [-0.05, 0) is 53.3 Å². The second-order valence-corrected chi connectivity index (χ2v) is 9.90. The number of carbonyl (C=O) groups excluding carboxylic acids is 1. The molecule has 38 heavy (non-hydrogen) atoms. The Hall–Kier alpha value is -2.74. The Kier molecular flexibility index (Phi) is 10.9. The van der Waals surface area contributed by atoms with Crippen molar-refractivity contribution in [2.45, 2.75) is 38.4 Å². The second-order valence-electron chi connectivity index (χ2n) is 9.08. The second kappa shape index (κ2) is 13.9. The van der Waals surface area contributed by atoms with Crippen LogP contribution in [0, 0.1) is 0 Å². The Balaban J connectivity index is 1.67. The van der Waals surface area contributed by atoms with Crippen LogP contribution in [0.4, 0.5) is 13.2 Å². The number of hydrogen-bond donors (Lipinski definition) is 0. The van der Waals surface area contributed by atoms with Gasteiger partial charge in [-0.1, -0.05) is 66.5 Å². The van der Waals surface area contributed by atoms with Crippen LogP contribution in [0.1, 0.15) is 42.4 Å². The largest absolute Gasteiger partial charge is 0.498 e. The predicted molar refractivity (Wildman–Crippen MR) is 144 cm³/mol. The maximum Gasteiger partial charge on any atom is 0.417 e. The summed E-state index contributed by atoms with van der Waals surface area (Å²) in [6.07, 6.45) is 3.48. The van der Waals surface area contributed by atoms with E-state index in [4.69, 9.17) is 27.9 Å². The number of esters is 1. The molecule has 0 bridgehead atoms. The van der Waals surface area contributed by atoms with Gasteiger partial charge in [-0.3, -0.25) is 4.90 Å². The molecule has 4 nitrogen and oxygen atoms in total. The fourth-order valence-electron chi connectivity index (χ4n) is 4.20. The summed E-state index contributed by atoms with van der Waals surface area (Å²) in [5.74, 6) is 0.377. The molecule has 1 aliphatic rings. The number of methoxy groups -OCH3 is 1. The van der Waals surface area contributed by atoms with Crippen molar-refractivity contribution >= 4 is 29.2 Å². The van der Waals surface area contributed by atoms with E-state index >= 15 is 0 Å². The van der Waals surface area contributed by atoms with Crippen molar-refractivity contribution < 1.29 is 27.4 Å². The summed E-state index contributed by atoms with van der Waals surface area (Å²) < 4.78 is 50.8. The van der Waals surface area contributed by atoms with Crippen molar-refractivity contribution in [3.05, 3.63) is 105 Å². The molecule has 0 fully saturated rings. The number of carbonyl (C=O) groups is 1. The first-order valence-electron chi connectivity index (χ1n) is 12.2. The third-order valence-electron chi connectivity index (χ3n) is 6.11. The van der Waals surface area contributed by atoms with Crippen molar-refractivity contribution in [1.82, 2.24) is 4.90 Å². The van der Waals surface area contributed by atoms with Gasteiger partial charge in [0.2, 0.25) is 0 Å². The summed E-state index contributed by atoms with van der Waals surface area (Å²) in [5, 5.41) is 0.353. The van der Waals surface area contributed by atoms with Gasteiger partial charge in [-0.2, -0.15) is 13.2 Å². The first-order valence-corrected chi connectivity index (χ1v) is 12.9. The van der Waals surface area contributed by atoms with E-state index < -0.39 is 17.7 Å². The van der Waals surface area contributed by atoms with Gasteiger partial charge >= 0.3 is 12.1 Å². The smallest absolute Gasteiger partial charge is 0.417 e. The average molecular weight is 568 g/mol. The van der Waals surface area contributed by atoms with Crippen LogP contribution in [0.15, 0.2) is 78.1 Å². The van der Waals surface area contributed by atoms with E-state index in [0.29, 0.717) is 43.1 Å². The van der Waals surface area contributed by atoms with Gasteiger partial charge < -0.3 is 9.47 Å². The normalized spacial score (nSPS) is 15.5. The molecule has 0 saturated heterocycles. The summed E-state index contributed by atoms with van der Waals surface area (Å²) in [6, 6.07) is 11.6. The summed E-state index contributed by atoms with van der Waals surface area (Å²) in [4.78, 5) is 13.6. The van der Waals surface area contributed by atoms with Crippen molar-refractivity contribution in [1.29, 1.82) is 0 Å². The first kappa shape index (κ1) is 29.8. The SMILES string of the molecule is COC(=O)C=C1C=CC=C(OCCCN(Cc2cccc(C(F)(F)F)c2Cl)CC(C)c2cccc(Cl)c2)C1. The minimum Gasteiger partial charge on any atom is -0.498 e. The molecule has 0 N–H and O–H groups in total. The quantitative estimate of drug-likeness (QED) is 0.157. The van der Waals surface area contributed by atoms with Crippen LogP contribution in [0.25, 0.3) is 0 Å². The van der Waals surface area contributed by atoms with Crippen LogP contribution in [-0.4, -0.2) is 37.7 Å². The Bertz CT molecular complexity index is 1210. The monoisotopic (exact) mass is 567 g/mol. The number of alkyl halides is 3. The molecule has 0 amide bonds. The molecule has 1 atom stereocenters.